The van der Waals surface area contributed by atoms with Crippen LogP contribution >= 0.6 is 23.2 Å². The number of amides is 2. The molecular weight excluding hydrogens is 403 g/mol. The summed E-state index contributed by atoms with van der Waals surface area (Å²) in [7, 11) is 1.49. The Morgan fingerprint density at radius 1 is 0.929 bits per heavy atom. The van der Waals surface area contributed by atoms with Gasteiger partial charge in [-0.25, -0.2) is 0 Å². The van der Waals surface area contributed by atoms with Crippen LogP contribution in [0.25, 0.3) is 0 Å². The Kier molecular flexibility index (Phi) is 7.54. The summed E-state index contributed by atoms with van der Waals surface area (Å²) in [5, 5.41) is 6.32. The maximum Gasteiger partial charge on any atom is 0.265 e. The van der Waals surface area contributed by atoms with Gasteiger partial charge in [-0.2, -0.15) is 0 Å². The lowest BCUT2D eigenvalue weighted by atomic mass is 10.2. The van der Waals surface area contributed by atoms with Gasteiger partial charge in [0.05, 0.1) is 17.8 Å². The Bertz CT molecular complexity index is 871. The number of ether oxygens (including phenoxy) is 2. The largest absolute Gasteiger partial charge is 0.494 e. The van der Waals surface area contributed by atoms with E-state index in [-0.39, 0.29) is 17.7 Å². The average Bonchev–Trinajstić information content (AvgIpc) is 2.64. The number of hydrogen-bond donors (Lipinski definition) is 2. The third kappa shape index (κ3) is 5.78. The molecule has 0 saturated heterocycles. The smallest absolute Gasteiger partial charge is 0.265 e. The molecule has 2 N–H and O–H groups in total. The first-order valence-electron chi connectivity index (χ1n) is 8.62. The van der Waals surface area contributed by atoms with Crippen molar-refractivity contribution >= 4 is 46.4 Å². The van der Waals surface area contributed by atoms with Crippen molar-refractivity contribution in [3.63, 3.8) is 0 Å². The molecule has 0 aromatic heterocycles. The number of benzene rings is 2. The molecule has 0 aliphatic rings. The zero-order valence-corrected chi connectivity index (χ0v) is 17.5. The molecule has 28 heavy (non-hydrogen) atoms. The van der Waals surface area contributed by atoms with Crippen molar-refractivity contribution in [3.8, 4) is 11.5 Å². The number of nitrogens with one attached hydrogen (secondary N) is 2. The van der Waals surface area contributed by atoms with Gasteiger partial charge in [-0.05, 0) is 37.3 Å². The van der Waals surface area contributed by atoms with E-state index in [2.05, 4.69) is 10.6 Å². The van der Waals surface area contributed by atoms with Crippen molar-refractivity contribution in [3.05, 3.63) is 46.4 Å². The molecule has 6 nitrogen and oxygen atoms in total. The van der Waals surface area contributed by atoms with Crippen molar-refractivity contribution < 1.29 is 19.1 Å². The van der Waals surface area contributed by atoms with Crippen LogP contribution in [-0.2, 0) is 9.59 Å². The minimum Gasteiger partial charge on any atom is -0.494 e. The maximum absolute atomic E-state index is 12.4. The predicted molar refractivity (Wildman–Crippen MR) is 112 cm³/mol. The minimum absolute atomic E-state index is 0.128. The zero-order valence-electron chi connectivity index (χ0n) is 16.0. The third-order valence-corrected chi connectivity index (χ3v) is 4.35. The van der Waals surface area contributed by atoms with E-state index < -0.39 is 6.10 Å². The molecule has 2 amide bonds. The van der Waals surface area contributed by atoms with E-state index in [1.54, 1.807) is 51.1 Å². The lowest BCUT2D eigenvalue weighted by molar-refractivity contribution is -0.122. The lowest BCUT2D eigenvalue weighted by Crippen LogP contribution is -2.30. The third-order valence-electron chi connectivity index (χ3n) is 3.82. The normalized spacial score (nSPS) is 11.7. The van der Waals surface area contributed by atoms with Gasteiger partial charge in [0.25, 0.3) is 5.91 Å². The van der Waals surface area contributed by atoms with Crippen LogP contribution in [0.5, 0.6) is 11.5 Å². The van der Waals surface area contributed by atoms with Crippen LogP contribution in [0, 0.1) is 5.92 Å². The van der Waals surface area contributed by atoms with Crippen LogP contribution in [0.3, 0.4) is 0 Å². The summed E-state index contributed by atoms with van der Waals surface area (Å²) >= 11 is 11.9. The summed E-state index contributed by atoms with van der Waals surface area (Å²) in [4.78, 5) is 24.3. The van der Waals surface area contributed by atoms with Crippen LogP contribution < -0.4 is 20.1 Å². The topological polar surface area (TPSA) is 76.7 Å². The molecule has 2 aromatic carbocycles. The highest BCUT2D eigenvalue weighted by Gasteiger charge is 2.18. The average molecular weight is 425 g/mol. The molecule has 0 saturated carbocycles. The molecule has 0 radical (unpaired) electrons. The fraction of sp³-hybridized carbons (Fsp3) is 0.300. The van der Waals surface area contributed by atoms with Gasteiger partial charge in [-0.1, -0.05) is 37.0 Å². The van der Waals surface area contributed by atoms with Crippen molar-refractivity contribution in [2.24, 2.45) is 5.92 Å². The molecular formula is C20H22Cl2N2O4. The van der Waals surface area contributed by atoms with E-state index in [0.717, 1.165) is 0 Å². The van der Waals surface area contributed by atoms with Gasteiger partial charge in [0, 0.05) is 22.7 Å². The highest BCUT2D eigenvalue weighted by molar-refractivity contribution is 6.35. The summed E-state index contributed by atoms with van der Waals surface area (Å²) in [5.74, 6) is 0.130. The SMILES string of the molecule is COc1cc(NC(=O)[C@H](C)Oc2ccc(Cl)cc2Cl)ccc1NC(=O)C(C)C. The second-order valence-electron chi connectivity index (χ2n) is 6.38. The van der Waals surface area contributed by atoms with Gasteiger partial charge in [0.15, 0.2) is 6.10 Å². The molecule has 0 bridgehead atoms. The Hall–Kier alpha value is -2.44. The number of anilines is 2. The van der Waals surface area contributed by atoms with Crippen molar-refractivity contribution in [2.75, 3.05) is 17.7 Å². The molecule has 1 atom stereocenters. The lowest BCUT2D eigenvalue weighted by Gasteiger charge is -2.17. The van der Waals surface area contributed by atoms with Crippen molar-refractivity contribution in [1.29, 1.82) is 0 Å². The van der Waals surface area contributed by atoms with Gasteiger partial charge in [-0.15, -0.1) is 0 Å². The summed E-state index contributed by atoms with van der Waals surface area (Å²) in [5.41, 5.74) is 1.03. The molecule has 2 rings (SSSR count). The summed E-state index contributed by atoms with van der Waals surface area (Å²) in [6.07, 6.45) is -0.801. The zero-order chi connectivity index (χ0) is 20.8. The number of hydrogen-bond acceptors (Lipinski definition) is 4. The predicted octanol–water partition coefficient (Wildman–Crippen LogP) is 5.00. The summed E-state index contributed by atoms with van der Waals surface area (Å²) < 4.78 is 10.9. The van der Waals surface area contributed by atoms with E-state index in [1.165, 1.54) is 13.2 Å². The van der Waals surface area contributed by atoms with Crippen LogP contribution in [0.15, 0.2) is 36.4 Å². The number of carbonyl (C=O) groups is 2. The second kappa shape index (κ2) is 9.66. The number of halogens is 2. The highest BCUT2D eigenvalue weighted by atomic mass is 35.5. The van der Waals surface area contributed by atoms with Gasteiger partial charge >= 0.3 is 0 Å². The Morgan fingerprint density at radius 2 is 1.64 bits per heavy atom. The molecule has 0 spiro atoms. The van der Waals surface area contributed by atoms with Crippen LogP contribution in [0.1, 0.15) is 20.8 Å². The molecule has 0 aliphatic heterocycles. The molecule has 2 aromatic rings. The molecule has 150 valence electrons. The van der Waals surface area contributed by atoms with E-state index in [4.69, 9.17) is 32.7 Å². The Morgan fingerprint density at radius 3 is 2.25 bits per heavy atom. The van der Waals surface area contributed by atoms with Crippen molar-refractivity contribution in [1.82, 2.24) is 0 Å². The standard InChI is InChI=1S/C20H22Cl2N2O4/c1-11(2)19(25)24-16-7-6-14(10-18(16)27-4)23-20(26)12(3)28-17-8-5-13(21)9-15(17)22/h5-12H,1-4H3,(H,23,26)(H,24,25)/t12-/m0/s1. The van der Waals surface area contributed by atoms with Crippen LogP contribution in [0.2, 0.25) is 10.0 Å². The first kappa shape index (κ1) is 21.9. The monoisotopic (exact) mass is 424 g/mol. The molecule has 0 unspecified atom stereocenters. The van der Waals surface area contributed by atoms with E-state index in [9.17, 15) is 9.59 Å². The summed E-state index contributed by atoms with van der Waals surface area (Å²) in [6, 6.07) is 9.72. The van der Waals surface area contributed by atoms with Crippen LogP contribution in [-0.4, -0.2) is 25.0 Å². The van der Waals surface area contributed by atoms with Gasteiger partial charge in [-0.3, -0.25) is 9.59 Å². The Balaban J connectivity index is 2.07. The van der Waals surface area contributed by atoms with Gasteiger partial charge < -0.3 is 20.1 Å². The fourth-order valence-electron chi connectivity index (χ4n) is 2.21. The fourth-order valence-corrected chi connectivity index (χ4v) is 2.66. The van der Waals surface area contributed by atoms with E-state index >= 15 is 0 Å². The number of methoxy groups -OCH3 is 1. The first-order valence-corrected chi connectivity index (χ1v) is 9.38. The summed E-state index contributed by atoms with van der Waals surface area (Å²) in [6.45, 7) is 5.20. The highest BCUT2D eigenvalue weighted by Crippen LogP contribution is 2.30. The quantitative estimate of drug-likeness (QED) is 0.655. The molecule has 0 aliphatic carbocycles. The first-order chi connectivity index (χ1) is 13.2. The van der Waals surface area contributed by atoms with Gasteiger partial charge in [0.2, 0.25) is 5.91 Å². The number of rotatable bonds is 7. The van der Waals surface area contributed by atoms with E-state index in [0.29, 0.717) is 32.9 Å². The number of carbonyl (C=O) groups excluding carboxylic acids is 2. The Labute approximate surface area is 174 Å². The maximum atomic E-state index is 12.4. The molecule has 0 heterocycles. The molecule has 0 fully saturated rings. The minimum atomic E-state index is -0.801. The van der Waals surface area contributed by atoms with Crippen molar-refractivity contribution in [2.45, 2.75) is 26.9 Å². The van der Waals surface area contributed by atoms with Crippen LogP contribution in [0.4, 0.5) is 11.4 Å². The second-order valence-corrected chi connectivity index (χ2v) is 7.23. The van der Waals surface area contributed by atoms with E-state index in [1.807, 2.05) is 0 Å². The van der Waals surface area contributed by atoms with Gasteiger partial charge in [0.1, 0.15) is 11.5 Å². The molecule has 8 heteroatoms.